The standard InChI is InChI=1S/C18H29N3O/c1-15-3-2-7-20(14-15)9-11-22-12-10-21-8-6-16-4-5-17(19)13-18(16)21/h4-5,13,15H,2-3,6-12,14,19H2,1H3. The van der Waals surface area contributed by atoms with E-state index in [4.69, 9.17) is 10.5 Å². The summed E-state index contributed by atoms with van der Waals surface area (Å²) in [5.74, 6) is 0.848. The van der Waals surface area contributed by atoms with Crippen molar-refractivity contribution in [2.24, 2.45) is 5.92 Å². The van der Waals surface area contributed by atoms with Crippen LogP contribution in [0.15, 0.2) is 18.2 Å². The number of nitrogens with zero attached hydrogens (tertiary/aromatic N) is 2. The molecular weight excluding hydrogens is 274 g/mol. The fourth-order valence-electron chi connectivity index (χ4n) is 3.66. The van der Waals surface area contributed by atoms with Crippen molar-refractivity contribution in [2.45, 2.75) is 26.2 Å². The first-order valence-corrected chi connectivity index (χ1v) is 8.66. The lowest BCUT2D eigenvalue weighted by Gasteiger charge is -2.30. The average Bonchev–Trinajstić information content (AvgIpc) is 2.89. The number of likely N-dealkylation sites (tertiary alicyclic amines) is 1. The molecule has 4 nitrogen and oxygen atoms in total. The van der Waals surface area contributed by atoms with Crippen LogP contribution in [0, 0.1) is 5.92 Å². The Labute approximate surface area is 134 Å². The molecule has 122 valence electrons. The van der Waals surface area contributed by atoms with E-state index in [-0.39, 0.29) is 0 Å². The summed E-state index contributed by atoms with van der Waals surface area (Å²) in [6, 6.07) is 6.25. The maximum Gasteiger partial charge on any atom is 0.0642 e. The first kappa shape index (κ1) is 15.6. The van der Waals surface area contributed by atoms with Crippen LogP contribution in [0.25, 0.3) is 0 Å². The van der Waals surface area contributed by atoms with Crippen LogP contribution in [0.4, 0.5) is 11.4 Å². The maximum absolute atomic E-state index is 5.90. The highest BCUT2D eigenvalue weighted by molar-refractivity contribution is 5.64. The monoisotopic (exact) mass is 303 g/mol. The molecule has 0 aromatic heterocycles. The molecule has 1 fully saturated rings. The van der Waals surface area contributed by atoms with Crippen molar-refractivity contribution in [1.29, 1.82) is 0 Å². The first-order chi connectivity index (χ1) is 10.7. The maximum atomic E-state index is 5.90. The number of rotatable bonds is 6. The van der Waals surface area contributed by atoms with Crippen molar-refractivity contribution < 1.29 is 4.74 Å². The van der Waals surface area contributed by atoms with Gasteiger partial charge in [-0.25, -0.2) is 0 Å². The van der Waals surface area contributed by atoms with Crippen LogP contribution in [0.1, 0.15) is 25.3 Å². The largest absolute Gasteiger partial charge is 0.399 e. The molecule has 0 amide bonds. The van der Waals surface area contributed by atoms with Crippen LogP contribution < -0.4 is 10.6 Å². The first-order valence-electron chi connectivity index (χ1n) is 8.66. The van der Waals surface area contributed by atoms with E-state index in [0.29, 0.717) is 0 Å². The lowest BCUT2D eigenvalue weighted by atomic mass is 10.0. The molecular formula is C18H29N3O. The number of nitrogen functional groups attached to an aromatic ring is 1. The Bertz CT molecular complexity index is 491. The minimum absolute atomic E-state index is 0.803. The molecule has 1 aromatic carbocycles. The van der Waals surface area contributed by atoms with Crippen LogP contribution in [0.3, 0.4) is 0 Å². The number of ether oxygens (including phenoxy) is 1. The summed E-state index contributed by atoms with van der Waals surface area (Å²) >= 11 is 0. The molecule has 4 heteroatoms. The van der Waals surface area contributed by atoms with E-state index >= 15 is 0 Å². The van der Waals surface area contributed by atoms with E-state index in [1.807, 2.05) is 6.07 Å². The highest BCUT2D eigenvalue weighted by Gasteiger charge is 2.19. The van der Waals surface area contributed by atoms with Crippen molar-refractivity contribution in [3.63, 3.8) is 0 Å². The van der Waals surface area contributed by atoms with E-state index in [1.165, 1.54) is 37.2 Å². The molecule has 0 bridgehead atoms. The van der Waals surface area contributed by atoms with Crippen LogP contribution >= 0.6 is 0 Å². The predicted octanol–water partition coefficient (Wildman–Crippen LogP) is 2.38. The Morgan fingerprint density at radius 2 is 2.09 bits per heavy atom. The molecule has 2 N–H and O–H groups in total. The number of benzene rings is 1. The predicted molar refractivity (Wildman–Crippen MR) is 92.4 cm³/mol. The van der Waals surface area contributed by atoms with Gasteiger partial charge >= 0.3 is 0 Å². The van der Waals surface area contributed by atoms with Gasteiger partial charge in [-0.3, -0.25) is 0 Å². The molecule has 2 heterocycles. The number of hydrogen-bond donors (Lipinski definition) is 1. The van der Waals surface area contributed by atoms with Gasteiger partial charge in [0.05, 0.1) is 13.2 Å². The van der Waals surface area contributed by atoms with Crippen molar-refractivity contribution in [3.05, 3.63) is 23.8 Å². The van der Waals surface area contributed by atoms with Gasteiger partial charge in [-0.05, 0) is 49.4 Å². The van der Waals surface area contributed by atoms with Gasteiger partial charge in [0, 0.05) is 37.6 Å². The molecule has 22 heavy (non-hydrogen) atoms. The summed E-state index contributed by atoms with van der Waals surface area (Å²) in [7, 11) is 0. The zero-order valence-corrected chi connectivity index (χ0v) is 13.8. The van der Waals surface area contributed by atoms with E-state index < -0.39 is 0 Å². The van der Waals surface area contributed by atoms with E-state index in [1.54, 1.807) is 0 Å². The molecule has 2 aliphatic heterocycles. The minimum atomic E-state index is 0.803. The second-order valence-corrected chi connectivity index (χ2v) is 6.79. The number of piperidine rings is 1. The molecule has 0 aliphatic carbocycles. The summed E-state index contributed by atoms with van der Waals surface area (Å²) in [5.41, 5.74) is 9.47. The van der Waals surface area contributed by atoms with Gasteiger partial charge in [-0.15, -0.1) is 0 Å². The number of fused-ring (bicyclic) bond motifs is 1. The van der Waals surface area contributed by atoms with Crippen LogP contribution in [-0.2, 0) is 11.2 Å². The van der Waals surface area contributed by atoms with Crippen molar-refractivity contribution in [1.82, 2.24) is 4.90 Å². The van der Waals surface area contributed by atoms with Gasteiger partial charge in [0.25, 0.3) is 0 Å². The Balaban J connectivity index is 1.35. The third-order valence-electron chi connectivity index (χ3n) is 4.90. The van der Waals surface area contributed by atoms with Crippen LogP contribution in [-0.4, -0.2) is 50.8 Å². The zero-order chi connectivity index (χ0) is 15.4. The topological polar surface area (TPSA) is 41.7 Å². The molecule has 0 radical (unpaired) electrons. The fourth-order valence-corrected chi connectivity index (χ4v) is 3.66. The van der Waals surface area contributed by atoms with Crippen molar-refractivity contribution in [2.75, 3.05) is 56.6 Å². The van der Waals surface area contributed by atoms with E-state index in [2.05, 4.69) is 28.9 Å². The van der Waals surface area contributed by atoms with Crippen LogP contribution in [0.5, 0.6) is 0 Å². The van der Waals surface area contributed by atoms with Gasteiger partial charge in [-0.1, -0.05) is 13.0 Å². The molecule has 0 spiro atoms. The normalized spacial score (nSPS) is 22.0. The smallest absolute Gasteiger partial charge is 0.0642 e. The van der Waals surface area contributed by atoms with Gasteiger partial charge in [0.1, 0.15) is 0 Å². The number of nitrogens with two attached hydrogens (primary N) is 1. The minimum Gasteiger partial charge on any atom is -0.399 e. The SMILES string of the molecule is CC1CCCN(CCOCCN2CCc3ccc(N)cc32)C1. The van der Waals surface area contributed by atoms with Gasteiger partial charge in [-0.2, -0.15) is 0 Å². The summed E-state index contributed by atoms with van der Waals surface area (Å²) in [6.07, 6.45) is 3.85. The van der Waals surface area contributed by atoms with Crippen molar-refractivity contribution >= 4 is 11.4 Å². The van der Waals surface area contributed by atoms with E-state index in [9.17, 15) is 0 Å². The molecule has 2 aliphatic rings. The summed E-state index contributed by atoms with van der Waals surface area (Å²) < 4.78 is 5.86. The Morgan fingerprint density at radius 1 is 1.23 bits per heavy atom. The molecule has 0 saturated carbocycles. The highest BCUT2D eigenvalue weighted by Crippen LogP contribution is 2.29. The number of anilines is 2. The zero-order valence-electron chi connectivity index (χ0n) is 13.8. The summed E-state index contributed by atoms with van der Waals surface area (Å²) in [5, 5.41) is 0. The summed E-state index contributed by atoms with van der Waals surface area (Å²) in [4.78, 5) is 4.94. The molecule has 1 atom stereocenters. The third kappa shape index (κ3) is 3.93. The van der Waals surface area contributed by atoms with Gasteiger partial charge < -0.3 is 20.3 Å². The lowest BCUT2D eigenvalue weighted by Crippen LogP contribution is -2.37. The molecule has 1 unspecified atom stereocenters. The van der Waals surface area contributed by atoms with Gasteiger partial charge in [0.15, 0.2) is 0 Å². The lowest BCUT2D eigenvalue weighted by molar-refractivity contribution is 0.0907. The number of hydrogen-bond acceptors (Lipinski definition) is 4. The van der Waals surface area contributed by atoms with E-state index in [0.717, 1.165) is 50.9 Å². The summed E-state index contributed by atoms with van der Waals surface area (Å²) in [6.45, 7) is 9.62. The Kier molecular flexibility index (Phi) is 5.21. The molecule has 3 rings (SSSR count). The molecule has 1 aromatic rings. The Morgan fingerprint density at radius 3 is 2.95 bits per heavy atom. The Hall–Kier alpha value is -1.26. The fraction of sp³-hybridized carbons (Fsp3) is 0.667. The van der Waals surface area contributed by atoms with Gasteiger partial charge in [0.2, 0.25) is 0 Å². The average molecular weight is 303 g/mol. The third-order valence-corrected chi connectivity index (χ3v) is 4.90. The van der Waals surface area contributed by atoms with Crippen LogP contribution in [0.2, 0.25) is 0 Å². The molecule has 1 saturated heterocycles. The second-order valence-electron chi connectivity index (χ2n) is 6.79. The quantitative estimate of drug-likeness (QED) is 0.647. The van der Waals surface area contributed by atoms with Crippen molar-refractivity contribution in [3.8, 4) is 0 Å². The highest BCUT2D eigenvalue weighted by atomic mass is 16.5. The second kappa shape index (κ2) is 7.34.